The summed E-state index contributed by atoms with van der Waals surface area (Å²) >= 11 is 0. The van der Waals surface area contributed by atoms with Crippen LogP contribution >= 0.6 is 0 Å². The third-order valence-electron chi connectivity index (χ3n) is 3.70. The number of halogens is 3. The zero-order chi connectivity index (χ0) is 20.2. The summed E-state index contributed by atoms with van der Waals surface area (Å²) < 4.78 is 62.0. The molecule has 0 spiro atoms. The lowest BCUT2D eigenvalue weighted by Crippen LogP contribution is -2.22. The summed E-state index contributed by atoms with van der Waals surface area (Å²) in [6.45, 7) is 3.83. The Balaban J connectivity index is 2.09. The fraction of sp³-hybridized carbons (Fsp3) is 0.294. The fourth-order valence-electron chi connectivity index (χ4n) is 2.11. The van der Waals surface area contributed by atoms with E-state index in [-0.39, 0.29) is 11.4 Å². The quantitative estimate of drug-likeness (QED) is 0.774. The minimum Gasteiger partial charge on any atom is -0.322 e. The first kappa shape index (κ1) is 20.7. The number of hydrogen-bond donors (Lipinski definition) is 2. The molecule has 0 unspecified atom stereocenters. The topological polar surface area (TPSA) is 88.2 Å². The molecular weight excluding hydrogens is 383 g/mol. The Morgan fingerprint density at radius 3 is 2.44 bits per heavy atom. The highest BCUT2D eigenvalue weighted by Gasteiger charge is 2.30. The summed E-state index contributed by atoms with van der Waals surface area (Å²) in [6, 6.07) is 7.88. The molecule has 0 fully saturated rings. The van der Waals surface area contributed by atoms with Crippen molar-refractivity contribution in [2.24, 2.45) is 0 Å². The molecule has 0 aliphatic rings. The summed E-state index contributed by atoms with van der Waals surface area (Å²) in [5, 5.41) is 2.67. The Hall–Kier alpha value is -2.62. The van der Waals surface area contributed by atoms with Gasteiger partial charge in [0.25, 0.3) is 5.91 Å². The second-order valence-electron chi connectivity index (χ2n) is 5.97. The Morgan fingerprint density at radius 2 is 1.81 bits per heavy atom. The molecule has 1 aromatic carbocycles. The van der Waals surface area contributed by atoms with E-state index in [4.69, 9.17) is 0 Å². The van der Waals surface area contributed by atoms with Gasteiger partial charge in [0.2, 0.25) is 10.0 Å². The number of sulfonamides is 1. The van der Waals surface area contributed by atoms with Crippen molar-refractivity contribution in [3.05, 3.63) is 53.2 Å². The summed E-state index contributed by atoms with van der Waals surface area (Å²) in [7, 11) is -4.24. The molecule has 27 heavy (non-hydrogen) atoms. The third-order valence-corrected chi connectivity index (χ3v) is 4.96. The fourth-order valence-corrected chi connectivity index (χ4v) is 3.14. The summed E-state index contributed by atoms with van der Waals surface area (Å²) in [6.07, 6.45) is -4.87. The lowest BCUT2D eigenvalue weighted by atomic mass is 10.1. The average Bonchev–Trinajstić information content (AvgIpc) is 2.56. The Labute approximate surface area is 154 Å². The van der Waals surface area contributed by atoms with Gasteiger partial charge in [-0.3, -0.25) is 9.52 Å². The smallest absolute Gasteiger partial charge is 0.322 e. The number of pyridine rings is 1. The lowest BCUT2D eigenvalue weighted by molar-refractivity contribution is -0.129. The van der Waals surface area contributed by atoms with E-state index in [1.165, 1.54) is 12.3 Å². The van der Waals surface area contributed by atoms with Crippen molar-refractivity contribution >= 4 is 27.4 Å². The van der Waals surface area contributed by atoms with Crippen LogP contribution in [0.25, 0.3) is 0 Å². The number of rotatable bonds is 6. The molecule has 146 valence electrons. The molecule has 1 aromatic heterocycles. The van der Waals surface area contributed by atoms with Crippen LogP contribution in [0.1, 0.15) is 27.9 Å². The van der Waals surface area contributed by atoms with Crippen molar-refractivity contribution in [3.8, 4) is 0 Å². The molecule has 0 saturated heterocycles. The summed E-state index contributed by atoms with van der Waals surface area (Å²) in [5.41, 5.74) is 2.72. The number of carbonyl (C=O) groups is 1. The predicted molar refractivity (Wildman–Crippen MR) is 96.2 cm³/mol. The van der Waals surface area contributed by atoms with E-state index in [2.05, 4.69) is 10.3 Å². The van der Waals surface area contributed by atoms with Crippen molar-refractivity contribution in [2.75, 3.05) is 15.8 Å². The van der Waals surface area contributed by atoms with Gasteiger partial charge < -0.3 is 5.32 Å². The second-order valence-corrected chi connectivity index (χ2v) is 7.81. The zero-order valence-electron chi connectivity index (χ0n) is 14.6. The first-order valence-electron chi connectivity index (χ1n) is 7.87. The van der Waals surface area contributed by atoms with E-state index in [9.17, 15) is 26.4 Å². The largest absolute Gasteiger partial charge is 0.390 e. The summed E-state index contributed by atoms with van der Waals surface area (Å²) in [4.78, 5) is 16.1. The Kier molecular flexibility index (Phi) is 6.09. The van der Waals surface area contributed by atoms with Crippen LogP contribution in [0.4, 0.5) is 24.7 Å². The van der Waals surface area contributed by atoms with Crippen LogP contribution < -0.4 is 10.0 Å². The SMILES string of the molecule is Cc1ccc(NC(=O)c2ccnc(NS(=O)(=O)CCC(F)(F)F)c2)cc1C. The highest BCUT2D eigenvalue weighted by molar-refractivity contribution is 7.92. The van der Waals surface area contributed by atoms with Crippen LogP contribution in [-0.4, -0.2) is 31.2 Å². The normalized spacial score (nSPS) is 11.9. The number of carbonyl (C=O) groups excluding carboxylic acids is 1. The van der Waals surface area contributed by atoms with E-state index >= 15 is 0 Å². The van der Waals surface area contributed by atoms with Crippen LogP contribution in [0, 0.1) is 13.8 Å². The first-order valence-corrected chi connectivity index (χ1v) is 9.52. The van der Waals surface area contributed by atoms with E-state index in [0.717, 1.165) is 17.2 Å². The maximum Gasteiger partial charge on any atom is 0.390 e. The molecule has 0 aliphatic heterocycles. The molecule has 0 atom stereocenters. The van der Waals surface area contributed by atoms with Crippen molar-refractivity contribution in [3.63, 3.8) is 0 Å². The van der Waals surface area contributed by atoms with Crippen LogP contribution in [-0.2, 0) is 10.0 Å². The van der Waals surface area contributed by atoms with Crippen LogP contribution in [0.5, 0.6) is 0 Å². The third kappa shape index (κ3) is 6.55. The molecule has 0 saturated carbocycles. The maximum absolute atomic E-state index is 12.3. The molecule has 2 N–H and O–H groups in total. The van der Waals surface area contributed by atoms with Crippen molar-refractivity contribution in [1.29, 1.82) is 0 Å². The molecule has 10 heteroatoms. The lowest BCUT2D eigenvalue weighted by Gasteiger charge is -2.11. The number of aromatic nitrogens is 1. The van der Waals surface area contributed by atoms with E-state index in [1.54, 1.807) is 12.1 Å². The molecule has 0 aliphatic carbocycles. The molecule has 0 bridgehead atoms. The molecule has 0 radical (unpaired) electrons. The number of hydrogen-bond acceptors (Lipinski definition) is 4. The second kappa shape index (κ2) is 7.95. The van der Waals surface area contributed by atoms with E-state index in [1.807, 2.05) is 24.6 Å². The highest BCUT2D eigenvalue weighted by Crippen LogP contribution is 2.21. The van der Waals surface area contributed by atoms with Crippen molar-refractivity contribution < 1.29 is 26.4 Å². The molecule has 1 amide bonds. The maximum atomic E-state index is 12.3. The standard InChI is InChI=1S/C17H18F3N3O3S/c1-11-3-4-14(9-12(11)2)22-16(24)13-5-7-21-15(10-13)23-27(25,26)8-6-17(18,19)20/h3-5,7,9-10H,6,8H2,1-2H3,(H,21,23)(H,22,24). The number of nitrogens with one attached hydrogen (secondary N) is 2. The van der Waals surface area contributed by atoms with Gasteiger partial charge >= 0.3 is 6.18 Å². The van der Waals surface area contributed by atoms with Gasteiger partial charge in [-0.2, -0.15) is 13.2 Å². The minimum absolute atomic E-state index is 0.108. The van der Waals surface area contributed by atoms with E-state index < -0.39 is 34.3 Å². The number of aryl methyl sites for hydroxylation is 2. The van der Waals surface area contributed by atoms with Crippen LogP contribution in [0.2, 0.25) is 0 Å². The number of amides is 1. The number of nitrogens with zero attached hydrogens (tertiary/aromatic N) is 1. The first-order chi connectivity index (χ1) is 12.5. The van der Waals surface area contributed by atoms with Gasteiger partial charge in [-0.15, -0.1) is 0 Å². The highest BCUT2D eigenvalue weighted by atomic mass is 32.2. The molecule has 1 heterocycles. The van der Waals surface area contributed by atoms with Gasteiger partial charge in [0.1, 0.15) is 5.82 Å². The minimum atomic E-state index is -4.59. The predicted octanol–water partition coefficient (Wildman–Crippen LogP) is 3.64. The Bertz CT molecular complexity index is 944. The van der Waals surface area contributed by atoms with Crippen molar-refractivity contribution in [1.82, 2.24) is 4.98 Å². The molecular formula is C17H18F3N3O3S. The zero-order valence-corrected chi connectivity index (χ0v) is 15.4. The van der Waals surface area contributed by atoms with Gasteiger partial charge in [-0.25, -0.2) is 13.4 Å². The van der Waals surface area contributed by atoms with Gasteiger partial charge in [-0.1, -0.05) is 6.07 Å². The molecule has 2 aromatic rings. The number of anilines is 2. The summed E-state index contributed by atoms with van der Waals surface area (Å²) in [5.74, 6) is -1.86. The molecule has 6 nitrogen and oxygen atoms in total. The molecule has 2 rings (SSSR count). The number of alkyl halides is 3. The van der Waals surface area contributed by atoms with Crippen LogP contribution in [0.3, 0.4) is 0 Å². The van der Waals surface area contributed by atoms with Gasteiger partial charge in [0, 0.05) is 17.4 Å². The van der Waals surface area contributed by atoms with Gasteiger partial charge in [0.05, 0.1) is 12.2 Å². The average molecular weight is 401 g/mol. The van der Waals surface area contributed by atoms with E-state index in [0.29, 0.717) is 5.69 Å². The van der Waals surface area contributed by atoms with Gasteiger partial charge in [0.15, 0.2) is 0 Å². The Morgan fingerprint density at radius 1 is 1.11 bits per heavy atom. The van der Waals surface area contributed by atoms with Crippen molar-refractivity contribution in [2.45, 2.75) is 26.4 Å². The number of benzene rings is 1. The van der Waals surface area contributed by atoms with Crippen LogP contribution in [0.15, 0.2) is 36.5 Å². The van der Waals surface area contributed by atoms with Gasteiger partial charge in [-0.05, 0) is 49.2 Å². The monoisotopic (exact) mass is 401 g/mol.